The second kappa shape index (κ2) is 12.5. The number of nitrogens with zero attached hydrogens (tertiary/aromatic N) is 2. The summed E-state index contributed by atoms with van der Waals surface area (Å²) in [5.74, 6) is 0. The molecule has 0 aliphatic rings. The fourth-order valence-electron chi connectivity index (χ4n) is 0.462. The predicted molar refractivity (Wildman–Crippen MR) is 57.1 cm³/mol. The van der Waals surface area contributed by atoms with Crippen LogP contribution in [0, 0.1) is 6.92 Å². The zero-order chi connectivity index (χ0) is 10.1. The van der Waals surface area contributed by atoms with Gasteiger partial charge >= 0.3 is 18.9 Å². The molecular weight excluding hydrogens is 155 g/mol. The van der Waals surface area contributed by atoms with Gasteiger partial charge in [0.15, 0.2) is 0 Å². The summed E-state index contributed by atoms with van der Waals surface area (Å²) < 4.78 is 0. The van der Waals surface area contributed by atoms with Crippen LogP contribution in [0.15, 0.2) is 0 Å². The van der Waals surface area contributed by atoms with Gasteiger partial charge in [0.25, 0.3) is 0 Å². The van der Waals surface area contributed by atoms with E-state index in [-0.39, 0.29) is 18.9 Å². The number of rotatable bonds is 3. The molecule has 0 aliphatic carbocycles. The van der Waals surface area contributed by atoms with Gasteiger partial charge in [-0.2, -0.15) is 6.42 Å². The van der Waals surface area contributed by atoms with Crippen molar-refractivity contribution in [2.45, 2.75) is 32.9 Å². The SMILES string of the molecule is CC(N(C)C)N(C)C.[CH2-]CCC.[Li+]. The van der Waals surface area contributed by atoms with Crippen molar-refractivity contribution in [3.63, 3.8) is 0 Å². The summed E-state index contributed by atoms with van der Waals surface area (Å²) in [6.07, 6.45) is 2.81. The van der Waals surface area contributed by atoms with E-state index in [0.29, 0.717) is 6.17 Å². The van der Waals surface area contributed by atoms with Crippen molar-refractivity contribution in [2.24, 2.45) is 0 Å². The van der Waals surface area contributed by atoms with Crippen LogP contribution in [0.4, 0.5) is 0 Å². The molecule has 0 bridgehead atoms. The Kier molecular flexibility index (Phi) is 18.4. The first-order valence-corrected chi connectivity index (χ1v) is 4.59. The number of hydrogen-bond acceptors (Lipinski definition) is 2. The van der Waals surface area contributed by atoms with E-state index in [1.807, 2.05) is 0 Å². The molecule has 0 rings (SSSR count). The van der Waals surface area contributed by atoms with E-state index in [1.54, 1.807) is 0 Å². The molecule has 0 N–H and O–H groups in total. The Hall–Kier alpha value is 0.517. The Morgan fingerprint density at radius 2 is 1.31 bits per heavy atom. The van der Waals surface area contributed by atoms with Gasteiger partial charge in [-0.1, -0.05) is 13.3 Å². The van der Waals surface area contributed by atoms with Gasteiger partial charge in [-0.3, -0.25) is 9.80 Å². The standard InChI is InChI=1S/C6H16N2.C4H9.Li/c1-6(7(2)3)8(4)5;1-3-4-2;/h6H,1-5H3;1,3-4H2,2H3;/q;-1;+1. The molecule has 0 aromatic carbocycles. The monoisotopic (exact) mass is 180 g/mol. The van der Waals surface area contributed by atoms with Crippen LogP contribution in [0.25, 0.3) is 0 Å². The molecule has 0 atom stereocenters. The van der Waals surface area contributed by atoms with Gasteiger partial charge in [-0.15, -0.1) is 0 Å². The molecule has 0 amide bonds. The average Bonchev–Trinajstić information content (AvgIpc) is 2.03. The second-order valence-corrected chi connectivity index (χ2v) is 3.41. The zero-order valence-electron chi connectivity index (χ0n) is 10.6. The maximum atomic E-state index is 3.60. The van der Waals surface area contributed by atoms with E-state index in [0.717, 1.165) is 6.42 Å². The Labute approximate surface area is 96.8 Å². The Bertz CT molecular complexity index is 75.0. The molecule has 0 saturated heterocycles. The third kappa shape index (κ3) is 15.3. The maximum Gasteiger partial charge on any atom is 1.00 e. The van der Waals surface area contributed by atoms with Gasteiger partial charge in [0.1, 0.15) is 0 Å². The fourth-order valence-corrected chi connectivity index (χ4v) is 0.462. The van der Waals surface area contributed by atoms with Crippen LogP contribution < -0.4 is 18.9 Å². The first-order valence-electron chi connectivity index (χ1n) is 4.59. The summed E-state index contributed by atoms with van der Waals surface area (Å²) in [5, 5.41) is 0. The van der Waals surface area contributed by atoms with E-state index >= 15 is 0 Å². The van der Waals surface area contributed by atoms with Gasteiger partial charge in [0.05, 0.1) is 6.17 Å². The summed E-state index contributed by atoms with van der Waals surface area (Å²) in [6, 6.07) is 0. The molecule has 0 aromatic rings. The maximum absolute atomic E-state index is 3.60. The smallest absolute Gasteiger partial charge is 0.343 e. The summed E-state index contributed by atoms with van der Waals surface area (Å²) in [5.41, 5.74) is 0. The van der Waals surface area contributed by atoms with Crippen molar-refractivity contribution in [3.8, 4) is 0 Å². The van der Waals surface area contributed by atoms with Crippen LogP contribution in [0.3, 0.4) is 0 Å². The molecule has 0 aromatic heterocycles. The van der Waals surface area contributed by atoms with Crippen molar-refractivity contribution in [2.75, 3.05) is 28.2 Å². The van der Waals surface area contributed by atoms with Gasteiger partial charge in [0.2, 0.25) is 0 Å². The Morgan fingerprint density at radius 1 is 1.08 bits per heavy atom. The molecule has 0 spiro atoms. The molecule has 0 aliphatic heterocycles. The van der Waals surface area contributed by atoms with Crippen molar-refractivity contribution >= 4 is 0 Å². The molecule has 0 fully saturated rings. The quantitative estimate of drug-likeness (QED) is 0.315. The van der Waals surface area contributed by atoms with Crippen molar-refractivity contribution in [1.82, 2.24) is 9.80 Å². The van der Waals surface area contributed by atoms with Gasteiger partial charge in [-0.25, -0.2) is 0 Å². The van der Waals surface area contributed by atoms with Gasteiger partial charge < -0.3 is 6.92 Å². The largest absolute Gasteiger partial charge is 1.00 e. The van der Waals surface area contributed by atoms with E-state index in [2.05, 4.69) is 58.8 Å². The zero-order valence-corrected chi connectivity index (χ0v) is 10.6. The molecule has 0 heterocycles. The Balaban J connectivity index is -0.000000173. The number of hydrogen-bond donors (Lipinski definition) is 0. The van der Waals surface area contributed by atoms with Crippen LogP contribution in [0.5, 0.6) is 0 Å². The van der Waals surface area contributed by atoms with Crippen molar-refractivity contribution < 1.29 is 18.9 Å². The minimum absolute atomic E-state index is 0. The van der Waals surface area contributed by atoms with Crippen LogP contribution in [0.2, 0.25) is 0 Å². The topological polar surface area (TPSA) is 6.48 Å². The van der Waals surface area contributed by atoms with Crippen LogP contribution in [-0.4, -0.2) is 44.2 Å². The van der Waals surface area contributed by atoms with Crippen LogP contribution >= 0.6 is 0 Å². The fraction of sp³-hybridized carbons (Fsp3) is 0.900. The minimum Gasteiger partial charge on any atom is -0.343 e. The molecule has 2 nitrogen and oxygen atoms in total. The normalized spacial score (nSPS) is 9.69. The molecule has 13 heavy (non-hydrogen) atoms. The van der Waals surface area contributed by atoms with Gasteiger partial charge in [0, 0.05) is 0 Å². The first-order chi connectivity index (χ1) is 5.47. The van der Waals surface area contributed by atoms with E-state index in [4.69, 9.17) is 0 Å². The summed E-state index contributed by atoms with van der Waals surface area (Å²) >= 11 is 0. The van der Waals surface area contributed by atoms with E-state index in [9.17, 15) is 0 Å². The van der Waals surface area contributed by atoms with E-state index < -0.39 is 0 Å². The number of unbranched alkanes of at least 4 members (excludes halogenated alkanes) is 1. The van der Waals surface area contributed by atoms with Gasteiger partial charge in [-0.05, 0) is 35.1 Å². The second-order valence-electron chi connectivity index (χ2n) is 3.41. The third-order valence-corrected chi connectivity index (χ3v) is 1.85. The minimum atomic E-state index is 0. The molecule has 0 saturated carbocycles. The molecule has 76 valence electrons. The average molecular weight is 180 g/mol. The molecule has 3 heteroatoms. The van der Waals surface area contributed by atoms with Crippen molar-refractivity contribution in [1.29, 1.82) is 0 Å². The first kappa shape index (κ1) is 19.1. The van der Waals surface area contributed by atoms with E-state index in [1.165, 1.54) is 6.42 Å². The molecule has 0 radical (unpaired) electrons. The van der Waals surface area contributed by atoms with Crippen LogP contribution in [-0.2, 0) is 0 Å². The Morgan fingerprint density at radius 3 is 1.31 bits per heavy atom. The predicted octanol–water partition coefficient (Wildman–Crippen LogP) is -0.920. The summed E-state index contributed by atoms with van der Waals surface area (Å²) in [6.45, 7) is 7.89. The molecule has 0 unspecified atom stereocenters. The summed E-state index contributed by atoms with van der Waals surface area (Å²) in [4.78, 5) is 4.33. The third-order valence-electron chi connectivity index (χ3n) is 1.85. The van der Waals surface area contributed by atoms with Crippen LogP contribution in [0.1, 0.15) is 26.7 Å². The van der Waals surface area contributed by atoms with Crippen molar-refractivity contribution in [3.05, 3.63) is 6.92 Å². The molecular formula is C10H25LiN2. The summed E-state index contributed by atoms with van der Waals surface area (Å²) in [7, 11) is 8.30.